The summed E-state index contributed by atoms with van der Waals surface area (Å²) >= 11 is 0. The van der Waals surface area contributed by atoms with E-state index in [-0.39, 0.29) is 8.52 Å². The van der Waals surface area contributed by atoms with Gasteiger partial charge in [0.1, 0.15) is 0 Å². The van der Waals surface area contributed by atoms with Gasteiger partial charge in [-0.05, 0) is 0 Å². The van der Waals surface area contributed by atoms with Crippen LogP contribution in [0.15, 0.2) is 4.52 Å². The molecule has 5 heavy (non-hydrogen) atoms. The highest BCUT2D eigenvalue weighted by Gasteiger charge is 1.46. The number of hydrogen-bond acceptors (Lipinski definition) is 1. The van der Waals surface area contributed by atoms with E-state index in [2.05, 4.69) is 4.52 Å². The van der Waals surface area contributed by atoms with Gasteiger partial charge in [0.15, 0.2) is 8.52 Å². The monoisotopic (exact) mass is 107 g/mol. The van der Waals surface area contributed by atoms with Gasteiger partial charge in [0, 0.05) is 0 Å². The molecule has 28 valence electrons. The van der Waals surface area contributed by atoms with E-state index >= 15 is 0 Å². The second kappa shape index (κ2) is 4.16. The summed E-state index contributed by atoms with van der Waals surface area (Å²) in [5, 5.41) is 6.32. The number of rotatable bonds is 1. The second-order valence-electron chi connectivity index (χ2n) is 0.305. The van der Waals surface area contributed by atoms with Crippen LogP contribution >= 0.6 is 17.0 Å². The van der Waals surface area contributed by atoms with Gasteiger partial charge in [-0.1, -0.05) is 0 Å². The van der Waals surface area contributed by atoms with Gasteiger partial charge < -0.3 is 0 Å². The Kier molecular flexibility index (Phi) is 4.29. The molecule has 0 unspecified atom stereocenters. The summed E-state index contributed by atoms with van der Waals surface area (Å²) in [7, 11) is 0.722. The summed E-state index contributed by atoms with van der Waals surface area (Å²) in [6, 6.07) is 0. The molecule has 3 N–H and O–H groups in total. The maximum Gasteiger partial charge on any atom is 0.151 e. The number of nitrogens with one attached hydrogen (secondary N) is 1. The Labute approximate surface area is 33.3 Å². The Bertz CT molecular complexity index is 46.9. The molecule has 0 saturated carbocycles. The first-order valence-corrected chi connectivity index (χ1v) is 2.65. The molecule has 0 amide bonds. The average Bonchev–Trinajstić information content (AvgIpc) is 1.41. The van der Waals surface area contributed by atoms with Crippen LogP contribution in [0, 0.1) is 5.16 Å². The van der Waals surface area contributed by atoms with Crippen molar-refractivity contribution in [2.24, 2.45) is 10.0 Å². The van der Waals surface area contributed by atoms with E-state index in [0.717, 1.165) is 0 Å². The van der Waals surface area contributed by atoms with Crippen molar-refractivity contribution in [3.8, 4) is 0 Å². The molecular formula is H3N3P2. The molecule has 0 aliphatic rings. The molecule has 0 atom stereocenters. The van der Waals surface area contributed by atoms with Gasteiger partial charge in [-0.25, -0.2) is 0 Å². The SMILES string of the molecule is N=P/N=P\N. The lowest BCUT2D eigenvalue weighted by Gasteiger charge is -1.54. The second-order valence-corrected chi connectivity index (χ2v) is 1.45. The van der Waals surface area contributed by atoms with E-state index in [9.17, 15) is 0 Å². The van der Waals surface area contributed by atoms with Crippen molar-refractivity contribution in [2.45, 2.75) is 0 Å². The highest BCUT2D eigenvalue weighted by atomic mass is 31.1. The topological polar surface area (TPSA) is 62.2 Å². The largest absolute Gasteiger partial charge is 0.268 e. The molecule has 0 aromatic rings. The average molecular weight is 107 g/mol. The summed E-state index contributed by atoms with van der Waals surface area (Å²) < 4.78 is 3.36. The number of hydrogen-bond donors (Lipinski definition) is 2. The van der Waals surface area contributed by atoms with Gasteiger partial charge >= 0.3 is 0 Å². The fraction of sp³-hybridized carbons (Fsp3) is 0. The van der Waals surface area contributed by atoms with Crippen LogP contribution in [0.3, 0.4) is 0 Å². The summed E-state index contributed by atoms with van der Waals surface area (Å²) in [6.07, 6.45) is 0. The molecule has 0 spiro atoms. The molecule has 0 aromatic carbocycles. The van der Waals surface area contributed by atoms with Crippen molar-refractivity contribution in [1.82, 2.24) is 0 Å². The molecule has 0 heterocycles. The van der Waals surface area contributed by atoms with Crippen molar-refractivity contribution < 1.29 is 0 Å². The molecule has 0 bridgehead atoms. The molecule has 0 aliphatic heterocycles. The molecule has 3 nitrogen and oxygen atoms in total. The summed E-state index contributed by atoms with van der Waals surface area (Å²) in [5.74, 6) is 0. The molecule has 0 aliphatic carbocycles. The Balaban J connectivity index is 2.92. The van der Waals surface area contributed by atoms with E-state index in [4.69, 9.17) is 10.7 Å². The van der Waals surface area contributed by atoms with E-state index in [1.165, 1.54) is 0 Å². The quantitative estimate of drug-likeness (QED) is 0.491. The zero-order valence-electron chi connectivity index (χ0n) is 2.42. The van der Waals surface area contributed by atoms with Crippen molar-refractivity contribution in [1.29, 1.82) is 5.16 Å². The van der Waals surface area contributed by atoms with Crippen LogP contribution in [0.1, 0.15) is 0 Å². The smallest absolute Gasteiger partial charge is 0.151 e. The molecular weight excluding hydrogens is 104 g/mol. The van der Waals surface area contributed by atoms with Crippen LogP contribution in [0.2, 0.25) is 0 Å². The van der Waals surface area contributed by atoms with Crippen LogP contribution in [0.25, 0.3) is 0 Å². The van der Waals surface area contributed by atoms with Crippen LogP contribution in [-0.2, 0) is 0 Å². The first-order valence-electron chi connectivity index (χ1n) is 0.882. The highest BCUT2D eigenvalue weighted by molar-refractivity contribution is 7.36. The Morgan fingerprint density at radius 3 is 2.40 bits per heavy atom. The lowest BCUT2D eigenvalue weighted by Crippen LogP contribution is -1.52. The standard InChI is InChI=1S/H3N3P2/c1-4-3-5-2/h(H3,1,2,3). The maximum atomic E-state index is 6.32. The predicted molar refractivity (Wildman–Crippen MR) is 23.2 cm³/mol. The van der Waals surface area contributed by atoms with Crippen molar-refractivity contribution in [3.63, 3.8) is 0 Å². The minimum atomic E-state index is 0.267. The predicted octanol–water partition coefficient (Wildman–Crippen LogP) is 1.61. The van der Waals surface area contributed by atoms with Crippen LogP contribution < -0.4 is 5.50 Å². The van der Waals surface area contributed by atoms with E-state index in [1.807, 2.05) is 0 Å². The van der Waals surface area contributed by atoms with Gasteiger partial charge in [0.2, 0.25) is 0 Å². The third-order valence-corrected chi connectivity index (χ3v) is 0.867. The lowest BCUT2D eigenvalue weighted by atomic mass is 13.9. The fourth-order valence-electron chi connectivity index (χ4n) is 0.0258. The molecule has 0 rings (SSSR count). The first kappa shape index (κ1) is 5.16. The van der Waals surface area contributed by atoms with Gasteiger partial charge in [0.25, 0.3) is 0 Å². The Morgan fingerprint density at radius 1 is 1.80 bits per heavy atom. The Morgan fingerprint density at radius 2 is 2.40 bits per heavy atom. The van der Waals surface area contributed by atoms with Gasteiger partial charge in [-0.2, -0.15) is 4.52 Å². The number of nitrogens with two attached hydrogens (primary N) is 1. The van der Waals surface area contributed by atoms with Crippen molar-refractivity contribution in [2.75, 3.05) is 0 Å². The molecule has 0 radical (unpaired) electrons. The molecule has 0 saturated heterocycles. The lowest BCUT2D eigenvalue weighted by molar-refractivity contribution is 1.63. The zero-order valence-corrected chi connectivity index (χ0v) is 4.21. The summed E-state index contributed by atoms with van der Waals surface area (Å²) in [5.41, 5.74) is 4.82. The fourth-order valence-corrected chi connectivity index (χ4v) is 0.232. The van der Waals surface area contributed by atoms with Crippen molar-refractivity contribution >= 4 is 17.0 Å². The molecule has 0 aromatic heterocycles. The maximum absolute atomic E-state index is 6.32. The molecule has 5 heteroatoms. The first-order chi connectivity index (χ1) is 2.41. The van der Waals surface area contributed by atoms with E-state index in [1.54, 1.807) is 0 Å². The van der Waals surface area contributed by atoms with E-state index < -0.39 is 0 Å². The normalized spacial score (nSPS) is 10.6. The van der Waals surface area contributed by atoms with Crippen LogP contribution in [0.4, 0.5) is 0 Å². The molecule has 0 fully saturated rings. The minimum Gasteiger partial charge on any atom is -0.268 e. The zero-order chi connectivity index (χ0) is 4.12. The highest BCUT2D eigenvalue weighted by Crippen LogP contribution is 1.98. The van der Waals surface area contributed by atoms with Crippen LogP contribution in [-0.4, -0.2) is 0 Å². The van der Waals surface area contributed by atoms with Crippen LogP contribution in [0.5, 0.6) is 0 Å². The van der Waals surface area contributed by atoms with E-state index in [0.29, 0.717) is 8.52 Å². The van der Waals surface area contributed by atoms with Gasteiger partial charge in [-0.3, -0.25) is 10.7 Å². The van der Waals surface area contributed by atoms with Crippen molar-refractivity contribution in [3.05, 3.63) is 0 Å². The minimum absolute atomic E-state index is 0.267. The third kappa shape index (κ3) is 4.16. The van der Waals surface area contributed by atoms with Gasteiger partial charge in [-0.15, -0.1) is 0 Å². The third-order valence-electron chi connectivity index (χ3n) is 0.0964. The summed E-state index contributed by atoms with van der Waals surface area (Å²) in [6.45, 7) is 0. The number of nitrogens with zero attached hydrogens (tertiary/aromatic N) is 1. The van der Waals surface area contributed by atoms with Gasteiger partial charge in [0.05, 0.1) is 8.52 Å². The Hall–Kier alpha value is 0.160. The summed E-state index contributed by atoms with van der Waals surface area (Å²) in [4.78, 5) is 0.